The first kappa shape index (κ1) is 20.4. The summed E-state index contributed by atoms with van der Waals surface area (Å²) in [5.74, 6) is -1.56. The van der Waals surface area contributed by atoms with Gasteiger partial charge in [-0.15, -0.1) is 0 Å². The highest BCUT2D eigenvalue weighted by Gasteiger charge is 2.33. The standard InChI is InChI=1S/C18H23FN4O4/c1-18(2,3)27-17(25)22-9-10-23(12(11-22)7-8-20)14-6-5-13(16(24)26-4)21-15(14)19/h5-6,12H,7,9-11H2,1-4H3/t12-/m0/s1. The van der Waals surface area contributed by atoms with Crippen LogP contribution in [-0.2, 0) is 9.47 Å². The molecule has 0 saturated carbocycles. The van der Waals surface area contributed by atoms with Gasteiger partial charge in [0.05, 0.1) is 31.3 Å². The van der Waals surface area contributed by atoms with E-state index in [4.69, 9.17) is 10.00 Å². The fraction of sp³-hybridized carbons (Fsp3) is 0.556. The number of carbonyl (C=O) groups is 2. The summed E-state index contributed by atoms with van der Waals surface area (Å²) >= 11 is 0. The van der Waals surface area contributed by atoms with Crippen LogP contribution in [0.2, 0.25) is 0 Å². The van der Waals surface area contributed by atoms with Crippen LogP contribution >= 0.6 is 0 Å². The molecule has 0 spiro atoms. The highest BCUT2D eigenvalue weighted by molar-refractivity contribution is 5.87. The highest BCUT2D eigenvalue weighted by Crippen LogP contribution is 2.25. The molecule has 27 heavy (non-hydrogen) atoms. The molecule has 0 bridgehead atoms. The number of rotatable bonds is 3. The lowest BCUT2D eigenvalue weighted by molar-refractivity contribution is 0.0215. The Morgan fingerprint density at radius 3 is 2.63 bits per heavy atom. The lowest BCUT2D eigenvalue weighted by atomic mass is 10.1. The lowest BCUT2D eigenvalue weighted by Gasteiger charge is -2.42. The van der Waals surface area contributed by atoms with Crippen LogP contribution in [0.3, 0.4) is 0 Å². The second-order valence-electron chi connectivity index (χ2n) is 7.13. The molecule has 9 heteroatoms. The average molecular weight is 378 g/mol. The van der Waals surface area contributed by atoms with Gasteiger partial charge in [0, 0.05) is 19.6 Å². The van der Waals surface area contributed by atoms with Crippen molar-refractivity contribution in [3.8, 4) is 6.07 Å². The van der Waals surface area contributed by atoms with Crippen LogP contribution in [0.1, 0.15) is 37.7 Å². The fourth-order valence-corrected chi connectivity index (χ4v) is 2.80. The number of esters is 1. The second kappa shape index (κ2) is 8.20. The minimum atomic E-state index is -0.827. The summed E-state index contributed by atoms with van der Waals surface area (Å²) in [4.78, 5) is 30.6. The van der Waals surface area contributed by atoms with E-state index in [0.29, 0.717) is 13.1 Å². The average Bonchev–Trinajstić information content (AvgIpc) is 2.60. The number of nitriles is 1. The summed E-state index contributed by atoms with van der Waals surface area (Å²) in [7, 11) is 1.19. The molecular weight excluding hydrogens is 355 g/mol. The zero-order chi connectivity index (χ0) is 20.2. The van der Waals surface area contributed by atoms with Crippen molar-refractivity contribution in [2.24, 2.45) is 0 Å². The molecule has 1 atom stereocenters. The van der Waals surface area contributed by atoms with Crippen molar-refractivity contribution in [2.75, 3.05) is 31.6 Å². The van der Waals surface area contributed by atoms with Crippen molar-refractivity contribution in [3.63, 3.8) is 0 Å². The van der Waals surface area contributed by atoms with Crippen molar-refractivity contribution in [2.45, 2.75) is 38.8 Å². The van der Waals surface area contributed by atoms with Gasteiger partial charge in [-0.2, -0.15) is 9.65 Å². The molecule has 0 aliphatic carbocycles. The van der Waals surface area contributed by atoms with Crippen molar-refractivity contribution in [1.82, 2.24) is 9.88 Å². The fourth-order valence-electron chi connectivity index (χ4n) is 2.80. The lowest BCUT2D eigenvalue weighted by Crippen LogP contribution is -2.55. The number of anilines is 1. The Bertz CT molecular complexity index is 757. The number of hydrogen-bond donors (Lipinski definition) is 0. The first-order valence-electron chi connectivity index (χ1n) is 8.52. The number of carbonyl (C=O) groups excluding carboxylic acids is 2. The van der Waals surface area contributed by atoms with E-state index in [0.717, 1.165) is 0 Å². The van der Waals surface area contributed by atoms with Gasteiger partial charge in [0.2, 0.25) is 5.95 Å². The second-order valence-corrected chi connectivity index (χ2v) is 7.13. The van der Waals surface area contributed by atoms with Crippen LogP contribution in [0.5, 0.6) is 0 Å². The molecular formula is C18H23FN4O4. The van der Waals surface area contributed by atoms with Gasteiger partial charge in [-0.05, 0) is 32.9 Å². The summed E-state index contributed by atoms with van der Waals surface area (Å²) in [5, 5.41) is 9.13. The van der Waals surface area contributed by atoms with Gasteiger partial charge < -0.3 is 19.3 Å². The molecule has 1 fully saturated rings. The Morgan fingerprint density at radius 2 is 2.07 bits per heavy atom. The third kappa shape index (κ3) is 5.06. The van der Waals surface area contributed by atoms with Crippen LogP contribution in [0.4, 0.5) is 14.9 Å². The van der Waals surface area contributed by atoms with E-state index in [9.17, 15) is 14.0 Å². The maximum atomic E-state index is 14.5. The molecule has 146 valence electrons. The topological polar surface area (TPSA) is 95.8 Å². The van der Waals surface area contributed by atoms with Crippen molar-refractivity contribution >= 4 is 17.7 Å². The third-order valence-corrected chi connectivity index (χ3v) is 3.99. The van der Waals surface area contributed by atoms with E-state index in [1.165, 1.54) is 24.1 Å². The van der Waals surface area contributed by atoms with Crippen molar-refractivity contribution in [1.29, 1.82) is 5.26 Å². The number of aromatic nitrogens is 1. The molecule has 1 aliphatic rings. The van der Waals surface area contributed by atoms with Gasteiger partial charge in [-0.25, -0.2) is 14.6 Å². The number of ether oxygens (including phenoxy) is 2. The van der Waals surface area contributed by atoms with Gasteiger partial charge in [-0.3, -0.25) is 0 Å². The van der Waals surface area contributed by atoms with Crippen molar-refractivity contribution in [3.05, 3.63) is 23.8 Å². The molecule has 1 amide bonds. The van der Waals surface area contributed by atoms with Crippen LogP contribution in [0.25, 0.3) is 0 Å². The molecule has 0 N–H and O–H groups in total. The van der Waals surface area contributed by atoms with Gasteiger partial charge in [0.1, 0.15) is 5.60 Å². The van der Waals surface area contributed by atoms with E-state index in [-0.39, 0.29) is 24.3 Å². The van der Waals surface area contributed by atoms with Crippen molar-refractivity contribution < 1.29 is 23.5 Å². The molecule has 0 unspecified atom stereocenters. The first-order valence-corrected chi connectivity index (χ1v) is 8.52. The van der Waals surface area contributed by atoms with E-state index < -0.39 is 29.7 Å². The smallest absolute Gasteiger partial charge is 0.410 e. The predicted octanol–water partition coefficient (Wildman–Crippen LogP) is 2.35. The Kier molecular flexibility index (Phi) is 6.20. The van der Waals surface area contributed by atoms with E-state index in [1.807, 2.05) is 0 Å². The third-order valence-electron chi connectivity index (χ3n) is 3.99. The number of amides is 1. The maximum Gasteiger partial charge on any atom is 0.410 e. The summed E-state index contributed by atoms with van der Waals surface area (Å²) in [5.41, 5.74) is -0.590. The normalized spacial score (nSPS) is 17.3. The molecule has 2 rings (SSSR count). The summed E-state index contributed by atoms with van der Waals surface area (Å²) < 4.78 is 24.4. The molecule has 0 aromatic carbocycles. The van der Waals surface area contributed by atoms with Crippen LogP contribution in [0, 0.1) is 17.3 Å². The molecule has 2 heterocycles. The van der Waals surface area contributed by atoms with E-state index in [1.54, 1.807) is 25.7 Å². The molecule has 1 aliphatic heterocycles. The maximum absolute atomic E-state index is 14.5. The Hall–Kier alpha value is -2.89. The SMILES string of the molecule is COC(=O)c1ccc(N2CCN(C(=O)OC(C)(C)C)C[C@@H]2CC#N)c(F)n1. The number of methoxy groups -OCH3 is 1. The molecule has 1 saturated heterocycles. The monoisotopic (exact) mass is 378 g/mol. The number of nitrogens with zero attached hydrogens (tertiary/aromatic N) is 4. The Morgan fingerprint density at radius 1 is 1.37 bits per heavy atom. The minimum Gasteiger partial charge on any atom is -0.464 e. The van der Waals surface area contributed by atoms with Crippen LogP contribution in [0.15, 0.2) is 12.1 Å². The van der Waals surface area contributed by atoms with Gasteiger partial charge >= 0.3 is 12.1 Å². The van der Waals surface area contributed by atoms with Gasteiger partial charge in [0.15, 0.2) is 5.69 Å². The quantitative estimate of drug-likeness (QED) is 0.588. The zero-order valence-electron chi connectivity index (χ0n) is 15.9. The number of hydrogen-bond acceptors (Lipinski definition) is 7. The number of piperazine rings is 1. The highest BCUT2D eigenvalue weighted by atomic mass is 19.1. The molecule has 1 aromatic heterocycles. The number of pyridine rings is 1. The Labute approximate surface area is 157 Å². The summed E-state index contributed by atoms with van der Waals surface area (Å²) in [6, 6.07) is 4.45. The first-order chi connectivity index (χ1) is 12.7. The van der Waals surface area contributed by atoms with Crippen LogP contribution in [-0.4, -0.2) is 60.3 Å². The van der Waals surface area contributed by atoms with Gasteiger partial charge in [0.25, 0.3) is 0 Å². The predicted molar refractivity (Wildman–Crippen MR) is 94.7 cm³/mol. The largest absolute Gasteiger partial charge is 0.464 e. The Balaban J connectivity index is 2.20. The summed E-state index contributed by atoms with van der Waals surface area (Å²) in [6.45, 7) is 6.17. The zero-order valence-corrected chi connectivity index (χ0v) is 15.9. The van der Waals surface area contributed by atoms with E-state index in [2.05, 4.69) is 15.8 Å². The number of halogens is 1. The minimum absolute atomic E-state index is 0.0947. The summed E-state index contributed by atoms with van der Waals surface area (Å²) in [6.07, 6.45) is -0.373. The molecule has 8 nitrogen and oxygen atoms in total. The van der Waals surface area contributed by atoms with E-state index >= 15 is 0 Å². The van der Waals surface area contributed by atoms with Crippen LogP contribution < -0.4 is 4.90 Å². The molecule has 1 aromatic rings. The van der Waals surface area contributed by atoms with Gasteiger partial charge in [-0.1, -0.05) is 0 Å². The molecule has 0 radical (unpaired) electrons.